The smallest absolute Gasteiger partial charge is 0.0577 e. The number of allylic oxidation sites excluding steroid dienone is 1. The zero-order valence-electron chi connectivity index (χ0n) is 17.2. The van der Waals surface area contributed by atoms with Gasteiger partial charge in [0.15, 0.2) is 0 Å². The SMILES string of the molecule is C[C@H](CCCO)[C@H]1CCC2C3CC=C4C[C@@H](O)CC[C@]4(C)C3CC[C@@]21C. The van der Waals surface area contributed by atoms with Crippen LogP contribution in [0.2, 0.25) is 0 Å². The number of aliphatic hydroxyl groups is 2. The molecule has 0 aromatic rings. The van der Waals surface area contributed by atoms with Crippen LogP contribution in [0.25, 0.3) is 0 Å². The number of aliphatic hydroxyl groups excluding tert-OH is 2. The van der Waals surface area contributed by atoms with Crippen molar-refractivity contribution in [3.63, 3.8) is 0 Å². The van der Waals surface area contributed by atoms with Crippen molar-refractivity contribution in [1.29, 1.82) is 0 Å². The van der Waals surface area contributed by atoms with Crippen LogP contribution in [0.5, 0.6) is 0 Å². The molecule has 3 fully saturated rings. The Morgan fingerprint density at radius 3 is 2.69 bits per heavy atom. The van der Waals surface area contributed by atoms with Gasteiger partial charge in [0.05, 0.1) is 6.10 Å². The van der Waals surface area contributed by atoms with Crippen molar-refractivity contribution in [2.24, 2.45) is 40.4 Å². The Kier molecular flexibility index (Phi) is 5.06. The molecule has 0 aromatic heterocycles. The summed E-state index contributed by atoms with van der Waals surface area (Å²) in [6.07, 6.45) is 14.6. The molecule has 0 aromatic carbocycles. The summed E-state index contributed by atoms with van der Waals surface area (Å²) in [7, 11) is 0. The molecule has 4 rings (SSSR count). The van der Waals surface area contributed by atoms with Gasteiger partial charge in [0.1, 0.15) is 0 Å². The van der Waals surface area contributed by atoms with Crippen LogP contribution in [0.3, 0.4) is 0 Å². The number of hydrogen-bond acceptors (Lipinski definition) is 2. The van der Waals surface area contributed by atoms with Crippen LogP contribution in [0.4, 0.5) is 0 Å². The first kappa shape index (κ1) is 19.0. The highest BCUT2D eigenvalue weighted by Crippen LogP contribution is 2.67. The maximum Gasteiger partial charge on any atom is 0.0577 e. The van der Waals surface area contributed by atoms with E-state index in [-0.39, 0.29) is 6.10 Å². The molecule has 0 amide bonds. The van der Waals surface area contributed by atoms with Gasteiger partial charge in [0.2, 0.25) is 0 Å². The van der Waals surface area contributed by atoms with Crippen LogP contribution in [0.1, 0.15) is 85.0 Å². The predicted octanol–water partition coefficient (Wildman–Crippen LogP) is 5.33. The third-order valence-corrected chi connectivity index (χ3v) is 9.66. The fourth-order valence-electron chi connectivity index (χ4n) is 8.23. The lowest BCUT2D eigenvalue weighted by molar-refractivity contribution is -0.0574. The number of fused-ring (bicyclic) bond motifs is 5. The average molecular weight is 361 g/mol. The molecular weight excluding hydrogens is 320 g/mol. The minimum Gasteiger partial charge on any atom is -0.396 e. The lowest BCUT2D eigenvalue weighted by atomic mass is 9.47. The molecule has 4 aliphatic rings. The summed E-state index contributed by atoms with van der Waals surface area (Å²) >= 11 is 0. The maximum atomic E-state index is 10.2. The molecule has 0 heterocycles. The Balaban J connectivity index is 1.56. The molecule has 2 N–H and O–H groups in total. The highest BCUT2D eigenvalue weighted by Gasteiger charge is 2.58. The standard InChI is InChI=1S/C24H40O2/c1-16(5-4-14-25)20-8-9-21-19-7-6-17-15-18(26)10-12-23(17,2)22(19)11-13-24(20,21)3/h6,16,18-22,25-26H,4-5,7-15H2,1-3H3/t16-,18+,19?,20-,21?,22?,23+,24-/m1/s1. The van der Waals surface area contributed by atoms with E-state index in [0.29, 0.717) is 17.4 Å². The van der Waals surface area contributed by atoms with Gasteiger partial charge in [-0.1, -0.05) is 32.4 Å². The Labute approximate surface area is 160 Å². The highest BCUT2D eigenvalue weighted by atomic mass is 16.3. The average Bonchev–Trinajstić information content (AvgIpc) is 2.97. The largest absolute Gasteiger partial charge is 0.396 e. The summed E-state index contributed by atoms with van der Waals surface area (Å²) in [4.78, 5) is 0. The van der Waals surface area contributed by atoms with E-state index in [2.05, 4.69) is 26.8 Å². The molecule has 0 spiro atoms. The van der Waals surface area contributed by atoms with E-state index >= 15 is 0 Å². The zero-order chi connectivity index (χ0) is 18.5. The third kappa shape index (κ3) is 2.82. The van der Waals surface area contributed by atoms with Gasteiger partial charge in [-0.15, -0.1) is 0 Å². The molecule has 2 heteroatoms. The Bertz CT molecular complexity index is 554. The van der Waals surface area contributed by atoms with Crippen molar-refractivity contribution in [2.45, 2.75) is 91.1 Å². The van der Waals surface area contributed by atoms with Crippen molar-refractivity contribution in [3.8, 4) is 0 Å². The molecule has 8 atom stereocenters. The molecule has 0 saturated heterocycles. The molecule has 3 unspecified atom stereocenters. The first-order chi connectivity index (χ1) is 12.4. The van der Waals surface area contributed by atoms with Crippen LogP contribution >= 0.6 is 0 Å². The quantitative estimate of drug-likeness (QED) is 0.665. The van der Waals surface area contributed by atoms with E-state index in [1.807, 2.05) is 0 Å². The van der Waals surface area contributed by atoms with Crippen LogP contribution in [-0.4, -0.2) is 22.9 Å². The van der Waals surface area contributed by atoms with Crippen LogP contribution < -0.4 is 0 Å². The van der Waals surface area contributed by atoms with Gasteiger partial charge in [-0.2, -0.15) is 0 Å². The summed E-state index contributed by atoms with van der Waals surface area (Å²) in [5, 5.41) is 19.4. The number of rotatable bonds is 4. The third-order valence-electron chi connectivity index (χ3n) is 9.66. The maximum absolute atomic E-state index is 10.2. The summed E-state index contributed by atoms with van der Waals surface area (Å²) in [6, 6.07) is 0. The summed E-state index contributed by atoms with van der Waals surface area (Å²) < 4.78 is 0. The molecule has 148 valence electrons. The second-order valence-electron chi connectivity index (χ2n) is 10.7. The van der Waals surface area contributed by atoms with E-state index < -0.39 is 0 Å². The molecule has 2 nitrogen and oxygen atoms in total. The van der Waals surface area contributed by atoms with Gasteiger partial charge in [0, 0.05) is 6.61 Å². The topological polar surface area (TPSA) is 40.5 Å². The summed E-state index contributed by atoms with van der Waals surface area (Å²) in [5.41, 5.74) is 2.47. The normalized spacial score (nSPS) is 49.0. The van der Waals surface area contributed by atoms with Crippen molar-refractivity contribution in [1.82, 2.24) is 0 Å². The monoisotopic (exact) mass is 360 g/mol. The van der Waals surface area contributed by atoms with E-state index in [1.165, 1.54) is 44.9 Å². The minimum atomic E-state index is -0.0945. The molecule has 3 saturated carbocycles. The minimum absolute atomic E-state index is 0.0945. The van der Waals surface area contributed by atoms with Gasteiger partial charge in [-0.3, -0.25) is 0 Å². The fourth-order valence-corrected chi connectivity index (χ4v) is 8.23. The molecule has 0 aliphatic heterocycles. The molecule has 4 aliphatic carbocycles. The van der Waals surface area contributed by atoms with E-state index in [0.717, 1.165) is 48.9 Å². The number of hydrogen-bond donors (Lipinski definition) is 2. The highest BCUT2D eigenvalue weighted by molar-refractivity contribution is 5.25. The van der Waals surface area contributed by atoms with Crippen molar-refractivity contribution in [2.75, 3.05) is 6.61 Å². The Hall–Kier alpha value is -0.340. The molecule has 0 radical (unpaired) electrons. The molecule has 0 bridgehead atoms. The second-order valence-corrected chi connectivity index (χ2v) is 10.7. The van der Waals surface area contributed by atoms with E-state index in [1.54, 1.807) is 5.57 Å². The lowest BCUT2D eigenvalue weighted by Crippen LogP contribution is -2.50. The molecular formula is C24H40O2. The van der Waals surface area contributed by atoms with Crippen molar-refractivity contribution in [3.05, 3.63) is 11.6 Å². The van der Waals surface area contributed by atoms with E-state index in [4.69, 9.17) is 0 Å². The van der Waals surface area contributed by atoms with Crippen LogP contribution in [0, 0.1) is 40.4 Å². The zero-order valence-corrected chi connectivity index (χ0v) is 17.2. The first-order valence-corrected chi connectivity index (χ1v) is 11.4. The lowest BCUT2D eigenvalue weighted by Gasteiger charge is -2.58. The summed E-state index contributed by atoms with van der Waals surface area (Å²) in [5.74, 6) is 4.21. The first-order valence-electron chi connectivity index (χ1n) is 11.4. The van der Waals surface area contributed by atoms with Crippen molar-refractivity contribution >= 4 is 0 Å². The van der Waals surface area contributed by atoms with Gasteiger partial charge in [0.25, 0.3) is 0 Å². The molecule has 26 heavy (non-hydrogen) atoms. The fraction of sp³-hybridized carbons (Fsp3) is 0.917. The van der Waals surface area contributed by atoms with Crippen LogP contribution in [0.15, 0.2) is 11.6 Å². The van der Waals surface area contributed by atoms with E-state index in [9.17, 15) is 10.2 Å². The van der Waals surface area contributed by atoms with Gasteiger partial charge in [-0.25, -0.2) is 0 Å². The summed E-state index contributed by atoms with van der Waals surface area (Å²) in [6.45, 7) is 7.94. The Morgan fingerprint density at radius 1 is 1.12 bits per heavy atom. The van der Waals surface area contributed by atoms with Gasteiger partial charge < -0.3 is 10.2 Å². The predicted molar refractivity (Wildman–Crippen MR) is 107 cm³/mol. The van der Waals surface area contributed by atoms with Crippen LogP contribution in [-0.2, 0) is 0 Å². The van der Waals surface area contributed by atoms with Crippen molar-refractivity contribution < 1.29 is 10.2 Å². The Morgan fingerprint density at radius 2 is 1.92 bits per heavy atom. The van der Waals surface area contributed by atoms with Gasteiger partial charge in [-0.05, 0) is 105 Å². The van der Waals surface area contributed by atoms with Gasteiger partial charge >= 0.3 is 0 Å². The second kappa shape index (κ2) is 6.92.